The SMILES string of the molecule is [3H]c1nc(NC2CCCCC2)c2nc([3H])n([C@@H]3O[C@H](CO)[C@@H](O)[C@H]3O)c2n1. The van der Waals surface area contributed by atoms with Crippen molar-refractivity contribution in [3.05, 3.63) is 12.6 Å². The minimum Gasteiger partial charge on any atom is -0.394 e. The molecule has 4 atom stereocenters. The van der Waals surface area contributed by atoms with Crippen molar-refractivity contribution in [3.63, 3.8) is 0 Å². The molecule has 4 N–H and O–H groups in total. The van der Waals surface area contributed by atoms with E-state index >= 15 is 0 Å². The summed E-state index contributed by atoms with van der Waals surface area (Å²) in [4.78, 5) is 12.4. The number of nitrogens with one attached hydrogen (secondary N) is 1. The fourth-order valence-corrected chi connectivity index (χ4v) is 3.57. The van der Waals surface area contributed by atoms with Gasteiger partial charge in [0.2, 0.25) is 0 Å². The molecule has 0 aromatic carbocycles. The van der Waals surface area contributed by atoms with Crippen molar-refractivity contribution in [2.45, 2.75) is 62.7 Å². The second-order valence-electron chi connectivity index (χ2n) is 6.63. The number of aliphatic hydroxyl groups is 3. The Morgan fingerprint density at radius 2 is 2.00 bits per heavy atom. The van der Waals surface area contributed by atoms with E-state index in [4.69, 9.17) is 7.48 Å². The molecule has 1 aliphatic heterocycles. The molecule has 1 saturated carbocycles. The highest BCUT2D eigenvalue weighted by Crippen LogP contribution is 2.32. The van der Waals surface area contributed by atoms with Crippen molar-refractivity contribution < 1.29 is 22.8 Å². The first-order valence-electron chi connectivity index (χ1n) is 9.61. The van der Waals surface area contributed by atoms with Crippen LogP contribution in [0.2, 0.25) is 0 Å². The Hall–Kier alpha value is -1.81. The number of imidazole rings is 1. The Balaban J connectivity index is 1.73. The highest BCUT2D eigenvalue weighted by atomic mass is 16.6. The Labute approximate surface area is 147 Å². The fourth-order valence-electron chi connectivity index (χ4n) is 3.57. The van der Waals surface area contributed by atoms with Crippen LogP contribution in [0.1, 0.15) is 41.1 Å². The molecule has 9 nitrogen and oxygen atoms in total. The Bertz CT molecular complexity index is 829. The number of fused-ring (bicyclic) bond motifs is 1. The van der Waals surface area contributed by atoms with Crippen LogP contribution in [0.4, 0.5) is 5.82 Å². The van der Waals surface area contributed by atoms with Gasteiger partial charge in [0.15, 0.2) is 23.2 Å². The molecule has 2 aromatic heterocycles. The maximum Gasteiger partial charge on any atom is 0.167 e. The molecule has 2 fully saturated rings. The molecule has 0 spiro atoms. The van der Waals surface area contributed by atoms with Gasteiger partial charge in [-0.3, -0.25) is 4.57 Å². The van der Waals surface area contributed by atoms with Gasteiger partial charge in [-0.1, -0.05) is 19.3 Å². The summed E-state index contributed by atoms with van der Waals surface area (Å²) in [5.74, 6) is 0.385. The predicted octanol–water partition coefficient (Wildman–Crippen LogP) is 0.182. The van der Waals surface area contributed by atoms with E-state index in [1.54, 1.807) is 0 Å². The third-order valence-corrected chi connectivity index (χ3v) is 4.97. The number of aliphatic hydroxyl groups excluding tert-OH is 3. The molecular formula is C16H23N5O4. The number of rotatable bonds is 4. The Kier molecular flexibility index (Phi) is 3.93. The maximum absolute atomic E-state index is 10.3. The molecule has 0 radical (unpaired) electrons. The highest BCUT2D eigenvalue weighted by Gasteiger charge is 2.44. The molecule has 2 aromatic rings. The number of hydrogen-bond acceptors (Lipinski definition) is 8. The summed E-state index contributed by atoms with van der Waals surface area (Å²) in [6.07, 6.45) is 0.227. The lowest BCUT2D eigenvalue weighted by atomic mass is 9.95. The van der Waals surface area contributed by atoms with E-state index in [0.29, 0.717) is 11.3 Å². The van der Waals surface area contributed by atoms with Crippen molar-refractivity contribution in [1.29, 1.82) is 0 Å². The lowest BCUT2D eigenvalue weighted by Gasteiger charge is -2.23. The van der Waals surface area contributed by atoms with Gasteiger partial charge in [0.05, 0.1) is 12.9 Å². The van der Waals surface area contributed by atoms with Crippen molar-refractivity contribution in [1.82, 2.24) is 19.5 Å². The summed E-state index contributed by atoms with van der Waals surface area (Å²) < 4.78 is 22.8. The van der Waals surface area contributed by atoms with Crippen molar-refractivity contribution in [2.24, 2.45) is 0 Å². The van der Waals surface area contributed by atoms with Gasteiger partial charge in [-0.2, -0.15) is 0 Å². The van der Waals surface area contributed by atoms with Crippen LogP contribution in [0.15, 0.2) is 12.6 Å². The standard InChI is InChI=1S/C16H23N5O4/c22-6-10-12(23)13(24)16(25-10)21-8-19-11-14(17-7-18-15(11)21)20-9-4-2-1-3-5-9/h7-10,12-13,16,22-24H,1-6H2,(H,17,18,20)/t10-,12-,13-,16-/m1/s1/i7T,8T. The summed E-state index contributed by atoms with van der Waals surface area (Å²) in [6, 6.07) is 0.226. The van der Waals surface area contributed by atoms with Crippen LogP contribution in [0, 0.1) is 0 Å². The summed E-state index contributed by atoms with van der Waals surface area (Å²) in [5.41, 5.74) is 0.493. The van der Waals surface area contributed by atoms with Gasteiger partial charge in [-0.25, -0.2) is 15.0 Å². The van der Waals surface area contributed by atoms with Crippen molar-refractivity contribution in [2.75, 3.05) is 11.9 Å². The van der Waals surface area contributed by atoms with Crippen molar-refractivity contribution in [3.8, 4) is 0 Å². The van der Waals surface area contributed by atoms with Gasteiger partial charge in [-0.05, 0) is 12.8 Å². The Morgan fingerprint density at radius 3 is 2.72 bits per heavy atom. The lowest BCUT2D eigenvalue weighted by Crippen LogP contribution is -2.33. The normalized spacial score (nSPS) is 32.0. The van der Waals surface area contributed by atoms with E-state index in [-0.39, 0.29) is 24.3 Å². The Morgan fingerprint density at radius 1 is 1.20 bits per heavy atom. The first-order chi connectivity index (χ1) is 13.0. The zero-order valence-electron chi connectivity index (χ0n) is 15.7. The smallest absolute Gasteiger partial charge is 0.167 e. The molecule has 136 valence electrons. The van der Waals surface area contributed by atoms with Gasteiger partial charge in [0, 0.05) is 6.04 Å². The number of ether oxygens (including phenoxy) is 1. The van der Waals surface area contributed by atoms with Gasteiger partial charge < -0.3 is 25.4 Å². The molecule has 0 amide bonds. The van der Waals surface area contributed by atoms with E-state index in [9.17, 15) is 15.3 Å². The van der Waals surface area contributed by atoms with Gasteiger partial charge in [-0.15, -0.1) is 0 Å². The van der Waals surface area contributed by atoms with Crippen LogP contribution >= 0.6 is 0 Å². The molecule has 4 rings (SSSR count). The second kappa shape index (κ2) is 6.83. The van der Waals surface area contributed by atoms with Crippen LogP contribution in [-0.2, 0) is 4.74 Å². The molecular weight excluding hydrogens is 326 g/mol. The summed E-state index contributed by atoms with van der Waals surface area (Å²) in [5, 5.41) is 32.9. The minimum absolute atomic E-state index is 0.174. The summed E-state index contributed by atoms with van der Waals surface area (Å²) in [6.45, 7) is -0.470. The molecule has 3 heterocycles. The van der Waals surface area contributed by atoms with Gasteiger partial charge in [0.1, 0.15) is 27.4 Å². The molecule has 9 heteroatoms. The first-order valence-corrected chi connectivity index (χ1v) is 8.61. The summed E-state index contributed by atoms with van der Waals surface area (Å²) >= 11 is 0. The lowest BCUT2D eigenvalue weighted by molar-refractivity contribution is -0.0511. The molecule has 1 aliphatic carbocycles. The van der Waals surface area contributed by atoms with E-state index in [1.807, 2.05) is 0 Å². The van der Waals surface area contributed by atoms with E-state index in [1.165, 1.54) is 11.0 Å². The largest absolute Gasteiger partial charge is 0.394 e. The monoisotopic (exact) mass is 353 g/mol. The molecule has 25 heavy (non-hydrogen) atoms. The van der Waals surface area contributed by atoms with Gasteiger partial charge >= 0.3 is 0 Å². The number of nitrogens with zero attached hydrogens (tertiary/aromatic N) is 4. The number of aromatic nitrogens is 4. The average Bonchev–Trinajstić information content (AvgIpc) is 3.12. The molecule has 0 bridgehead atoms. The zero-order valence-corrected chi connectivity index (χ0v) is 13.7. The zero-order chi connectivity index (χ0) is 19.1. The average molecular weight is 353 g/mol. The molecule has 1 saturated heterocycles. The third kappa shape index (κ3) is 2.97. The second-order valence-corrected chi connectivity index (χ2v) is 6.63. The van der Waals surface area contributed by atoms with Crippen LogP contribution in [-0.4, -0.2) is 65.8 Å². The van der Waals surface area contributed by atoms with Crippen LogP contribution in [0.5, 0.6) is 0 Å². The predicted molar refractivity (Wildman–Crippen MR) is 88.8 cm³/mol. The first kappa shape index (κ1) is 14.4. The fraction of sp³-hybridized carbons (Fsp3) is 0.688. The van der Waals surface area contributed by atoms with Crippen LogP contribution in [0.25, 0.3) is 11.2 Å². The summed E-state index contributed by atoms with van der Waals surface area (Å²) in [7, 11) is 0. The van der Waals surface area contributed by atoms with Gasteiger partial charge in [0.25, 0.3) is 0 Å². The van der Waals surface area contributed by atoms with Crippen LogP contribution in [0.3, 0.4) is 0 Å². The third-order valence-electron chi connectivity index (χ3n) is 4.97. The number of hydrogen-bond donors (Lipinski definition) is 4. The van der Waals surface area contributed by atoms with E-state index in [2.05, 4.69) is 20.3 Å². The molecule has 0 unspecified atom stereocenters. The van der Waals surface area contributed by atoms with Crippen LogP contribution < -0.4 is 5.32 Å². The maximum atomic E-state index is 10.3. The highest BCUT2D eigenvalue weighted by molar-refractivity contribution is 5.82. The number of anilines is 1. The topological polar surface area (TPSA) is 126 Å². The van der Waals surface area contributed by atoms with E-state index < -0.39 is 31.1 Å². The molecule has 2 aliphatic rings. The van der Waals surface area contributed by atoms with Crippen molar-refractivity contribution >= 4 is 17.0 Å². The van der Waals surface area contributed by atoms with E-state index in [0.717, 1.165) is 25.7 Å². The quantitative estimate of drug-likeness (QED) is 0.613. The minimum atomic E-state index is -1.36.